The third-order valence-corrected chi connectivity index (χ3v) is 3.47. The van der Waals surface area contributed by atoms with Crippen LogP contribution in [0.5, 0.6) is 0 Å². The van der Waals surface area contributed by atoms with Gasteiger partial charge < -0.3 is 14.2 Å². The summed E-state index contributed by atoms with van der Waals surface area (Å²) in [6, 6.07) is 0. The molecule has 1 aromatic rings. The molecule has 1 aliphatic heterocycles. The van der Waals surface area contributed by atoms with Gasteiger partial charge in [-0.2, -0.15) is 4.98 Å². The summed E-state index contributed by atoms with van der Waals surface area (Å²) in [7, 11) is 1.59. The first kappa shape index (κ1) is 15.0. The lowest BCUT2D eigenvalue weighted by Crippen LogP contribution is -2.39. The number of carbonyl (C=O) groups excluding carboxylic acids is 1. The molecule has 1 aromatic heterocycles. The fraction of sp³-hybridized carbons (Fsp3) is 0.786. The van der Waals surface area contributed by atoms with Crippen LogP contribution in [0.2, 0.25) is 0 Å². The Hall–Kier alpha value is -1.43. The van der Waals surface area contributed by atoms with Crippen molar-refractivity contribution in [3.05, 3.63) is 11.7 Å². The lowest BCUT2D eigenvalue weighted by molar-refractivity contribution is -0.133. The molecular weight excluding hydrogens is 258 g/mol. The van der Waals surface area contributed by atoms with Gasteiger partial charge >= 0.3 is 0 Å². The van der Waals surface area contributed by atoms with Crippen LogP contribution in [0.1, 0.15) is 50.7 Å². The fourth-order valence-corrected chi connectivity index (χ4v) is 2.51. The van der Waals surface area contributed by atoms with E-state index in [1.165, 1.54) is 0 Å². The highest BCUT2D eigenvalue weighted by Crippen LogP contribution is 2.25. The molecule has 0 N–H and O–H groups in total. The Morgan fingerprint density at radius 3 is 3.05 bits per heavy atom. The van der Waals surface area contributed by atoms with Gasteiger partial charge in [0.2, 0.25) is 5.91 Å². The van der Waals surface area contributed by atoms with Crippen molar-refractivity contribution < 1.29 is 14.1 Å². The monoisotopic (exact) mass is 281 g/mol. The highest BCUT2D eigenvalue weighted by atomic mass is 16.5. The van der Waals surface area contributed by atoms with E-state index in [2.05, 4.69) is 24.0 Å². The first-order valence-electron chi connectivity index (χ1n) is 7.19. The molecule has 0 radical (unpaired) electrons. The standard InChI is InChI=1S/C14H23N3O3/c1-10(2)7-13(18)17-6-4-5-11(8-17)14-15-12(9-19-3)20-16-14/h10-11H,4-9H2,1-3H3. The number of rotatable bonds is 5. The summed E-state index contributed by atoms with van der Waals surface area (Å²) >= 11 is 0. The number of hydrogen-bond acceptors (Lipinski definition) is 5. The Kier molecular flexibility index (Phi) is 5.11. The summed E-state index contributed by atoms with van der Waals surface area (Å²) in [5.41, 5.74) is 0. The minimum atomic E-state index is 0.175. The van der Waals surface area contributed by atoms with Gasteiger partial charge in [0.15, 0.2) is 5.82 Å². The number of methoxy groups -OCH3 is 1. The molecule has 6 nitrogen and oxygen atoms in total. The van der Waals surface area contributed by atoms with Crippen LogP contribution in [-0.2, 0) is 16.1 Å². The number of aromatic nitrogens is 2. The van der Waals surface area contributed by atoms with Gasteiger partial charge in [-0.25, -0.2) is 0 Å². The van der Waals surface area contributed by atoms with E-state index >= 15 is 0 Å². The molecule has 0 aromatic carbocycles. The second-order valence-electron chi connectivity index (χ2n) is 5.76. The van der Waals surface area contributed by atoms with E-state index in [9.17, 15) is 4.79 Å². The van der Waals surface area contributed by atoms with Crippen molar-refractivity contribution in [2.75, 3.05) is 20.2 Å². The third kappa shape index (κ3) is 3.79. The molecule has 1 aliphatic rings. The van der Waals surface area contributed by atoms with Crippen molar-refractivity contribution in [2.24, 2.45) is 5.92 Å². The average molecular weight is 281 g/mol. The molecule has 0 aliphatic carbocycles. The van der Waals surface area contributed by atoms with Gasteiger partial charge in [0, 0.05) is 32.5 Å². The number of likely N-dealkylation sites (tertiary alicyclic amines) is 1. The first-order valence-corrected chi connectivity index (χ1v) is 7.19. The van der Waals surface area contributed by atoms with Gasteiger partial charge in [0.05, 0.1) is 0 Å². The van der Waals surface area contributed by atoms with E-state index in [4.69, 9.17) is 9.26 Å². The summed E-state index contributed by atoms with van der Waals surface area (Å²) in [5, 5.41) is 4.01. The summed E-state index contributed by atoms with van der Waals surface area (Å²) in [5.74, 6) is 1.98. The van der Waals surface area contributed by atoms with Crippen LogP contribution >= 0.6 is 0 Å². The van der Waals surface area contributed by atoms with Crippen molar-refractivity contribution in [1.82, 2.24) is 15.0 Å². The van der Waals surface area contributed by atoms with Crippen molar-refractivity contribution in [3.8, 4) is 0 Å². The fourth-order valence-electron chi connectivity index (χ4n) is 2.51. The quantitative estimate of drug-likeness (QED) is 0.825. The van der Waals surface area contributed by atoms with Gasteiger partial charge in [-0.15, -0.1) is 0 Å². The molecule has 0 saturated carbocycles. The Morgan fingerprint density at radius 1 is 1.55 bits per heavy atom. The van der Waals surface area contributed by atoms with E-state index in [1.807, 2.05) is 4.90 Å². The zero-order chi connectivity index (χ0) is 14.5. The normalized spacial score (nSPS) is 19.6. The molecule has 1 amide bonds. The summed E-state index contributed by atoms with van der Waals surface area (Å²) in [6.07, 6.45) is 2.59. The lowest BCUT2D eigenvalue weighted by Gasteiger charge is -2.31. The second-order valence-corrected chi connectivity index (χ2v) is 5.76. The molecule has 1 saturated heterocycles. The number of hydrogen-bond donors (Lipinski definition) is 0. The lowest BCUT2D eigenvalue weighted by atomic mass is 9.96. The van der Waals surface area contributed by atoms with Crippen molar-refractivity contribution >= 4 is 5.91 Å². The van der Waals surface area contributed by atoms with Gasteiger partial charge in [-0.05, 0) is 18.8 Å². The zero-order valence-electron chi connectivity index (χ0n) is 12.5. The smallest absolute Gasteiger partial charge is 0.252 e. The van der Waals surface area contributed by atoms with Crippen LogP contribution in [-0.4, -0.2) is 41.1 Å². The van der Waals surface area contributed by atoms with Crippen LogP contribution in [0.3, 0.4) is 0 Å². The Labute approximate surface area is 119 Å². The maximum Gasteiger partial charge on any atom is 0.252 e. The van der Waals surface area contributed by atoms with Crippen LogP contribution < -0.4 is 0 Å². The number of piperidine rings is 1. The predicted octanol–water partition coefficient (Wildman–Crippen LogP) is 1.97. The highest BCUT2D eigenvalue weighted by Gasteiger charge is 2.28. The molecule has 1 atom stereocenters. The number of carbonyl (C=O) groups is 1. The summed E-state index contributed by atoms with van der Waals surface area (Å²) in [4.78, 5) is 18.4. The van der Waals surface area contributed by atoms with Crippen LogP contribution in [0.4, 0.5) is 0 Å². The molecular formula is C14H23N3O3. The molecule has 0 spiro atoms. The maximum absolute atomic E-state index is 12.1. The second kappa shape index (κ2) is 6.83. The predicted molar refractivity (Wildman–Crippen MR) is 73.0 cm³/mol. The number of ether oxygens (including phenoxy) is 1. The van der Waals surface area contributed by atoms with E-state index in [0.717, 1.165) is 19.4 Å². The SMILES string of the molecule is COCc1nc(C2CCCN(C(=O)CC(C)C)C2)no1. The van der Waals surface area contributed by atoms with E-state index < -0.39 is 0 Å². The molecule has 2 rings (SSSR count). The Morgan fingerprint density at radius 2 is 2.35 bits per heavy atom. The molecule has 2 heterocycles. The largest absolute Gasteiger partial charge is 0.375 e. The van der Waals surface area contributed by atoms with Crippen molar-refractivity contribution in [2.45, 2.75) is 45.6 Å². The summed E-state index contributed by atoms with van der Waals surface area (Å²) < 4.78 is 10.1. The minimum Gasteiger partial charge on any atom is -0.375 e. The molecule has 1 fully saturated rings. The van der Waals surface area contributed by atoms with Crippen LogP contribution in [0, 0.1) is 5.92 Å². The third-order valence-electron chi connectivity index (χ3n) is 3.47. The zero-order valence-corrected chi connectivity index (χ0v) is 12.5. The minimum absolute atomic E-state index is 0.175. The van der Waals surface area contributed by atoms with Gasteiger partial charge in [0.1, 0.15) is 6.61 Å². The van der Waals surface area contributed by atoms with Gasteiger partial charge in [-0.3, -0.25) is 4.79 Å². The number of amides is 1. The van der Waals surface area contributed by atoms with E-state index in [1.54, 1.807) is 7.11 Å². The molecule has 20 heavy (non-hydrogen) atoms. The topological polar surface area (TPSA) is 68.5 Å². The first-order chi connectivity index (χ1) is 9.60. The molecule has 1 unspecified atom stereocenters. The number of nitrogens with zero attached hydrogens (tertiary/aromatic N) is 3. The molecule has 112 valence electrons. The Bertz CT molecular complexity index is 445. The van der Waals surface area contributed by atoms with Crippen LogP contribution in [0.25, 0.3) is 0 Å². The van der Waals surface area contributed by atoms with Crippen molar-refractivity contribution in [1.29, 1.82) is 0 Å². The molecule has 6 heteroatoms. The summed E-state index contributed by atoms with van der Waals surface area (Å²) in [6.45, 7) is 5.99. The van der Waals surface area contributed by atoms with Crippen molar-refractivity contribution in [3.63, 3.8) is 0 Å². The van der Waals surface area contributed by atoms with E-state index in [0.29, 0.717) is 37.2 Å². The Balaban J connectivity index is 1.97. The van der Waals surface area contributed by atoms with E-state index in [-0.39, 0.29) is 11.8 Å². The average Bonchev–Trinajstić information content (AvgIpc) is 2.87. The van der Waals surface area contributed by atoms with Gasteiger partial charge in [0.25, 0.3) is 5.89 Å². The highest BCUT2D eigenvalue weighted by molar-refractivity contribution is 5.76. The van der Waals surface area contributed by atoms with Gasteiger partial charge in [-0.1, -0.05) is 19.0 Å². The molecule has 0 bridgehead atoms. The van der Waals surface area contributed by atoms with Crippen LogP contribution in [0.15, 0.2) is 4.52 Å². The maximum atomic E-state index is 12.1.